The van der Waals surface area contributed by atoms with E-state index in [0.717, 1.165) is 0 Å². The second kappa shape index (κ2) is 4.24. The summed E-state index contributed by atoms with van der Waals surface area (Å²) in [6.45, 7) is 7.10. The molecule has 0 aliphatic heterocycles. The first-order chi connectivity index (χ1) is 8.57. The molecule has 3 rings (SSSR count). The number of fused-ring (bicyclic) bond motifs is 1. The smallest absolute Gasteiger partial charge is 0.0377 e. The van der Waals surface area contributed by atoms with Gasteiger partial charge >= 0.3 is 0 Å². The first-order valence-corrected chi connectivity index (χ1v) is 7.55. The molecule has 0 radical (unpaired) electrons. The zero-order valence-electron chi connectivity index (χ0n) is 11.4. The maximum absolute atomic E-state index is 2.40. The Morgan fingerprint density at radius 1 is 1.11 bits per heavy atom. The van der Waals surface area contributed by atoms with E-state index in [4.69, 9.17) is 0 Å². The average Bonchev–Trinajstić information content (AvgIpc) is 2.67. The molecule has 1 aromatic heterocycles. The van der Waals surface area contributed by atoms with Gasteiger partial charge < -0.3 is 0 Å². The normalized spacial score (nSPS) is 17.5. The van der Waals surface area contributed by atoms with Crippen LogP contribution in [-0.2, 0) is 12.8 Å². The van der Waals surface area contributed by atoms with Gasteiger partial charge in [-0.15, -0.1) is 11.3 Å². The molecule has 0 nitrogen and oxygen atoms in total. The number of benzene rings is 1. The van der Waals surface area contributed by atoms with Gasteiger partial charge in [0.2, 0.25) is 0 Å². The largest absolute Gasteiger partial charge is 0.140 e. The lowest BCUT2D eigenvalue weighted by Gasteiger charge is -2.29. The second-order valence-electron chi connectivity index (χ2n) is 6.16. The summed E-state index contributed by atoms with van der Waals surface area (Å²) < 4.78 is 0. The van der Waals surface area contributed by atoms with Gasteiger partial charge in [0.05, 0.1) is 0 Å². The van der Waals surface area contributed by atoms with Crippen molar-refractivity contribution < 1.29 is 0 Å². The van der Waals surface area contributed by atoms with Crippen LogP contribution in [0.5, 0.6) is 0 Å². The van der Waals surface area contributed by atoms with Gasteiger partial charge in [-0.05, 0) is 48.3 Å². The van der Waals surface area contributed by atoms with E-state index in [2.05, 4.69) is 51.1 Å². The van der Waals surface area contributed by atoms with Crippen molar-refractivity contribution in [3.8, 4) is 10.4 Å². The zero-order valence-corrected chi connectivity index (χ0v) is 12.2. The number of thiophene rings is 1. The summed E-state index contributed by atoms with van der Waals surface area (Å²) in [5.74, 6) is 0. The number of hydrogen-bond acceptors (Lipinski definition) is 1. The van der Waals surface area contributed by atoms with Crippen molar-refractivity contribution in [3.63, 3.8) is 0 Å². The van der Waals surface area contributed by atoms with Crippen molar-refractivity contribution in [1.82, 2.24) is 0 Å². The van der Waals surface area contributed by atoms with Crippen LogP contribution >= 0.6 is 11.3 Å². The molecule has 0 saturated carbocycles. The maximum atomic E-state index is 2.40. The fourth-order valence-electron chi connectivity index (χ4n) is 2.92. The summed E-state index contributed by atoms with van der Waals surface area (Å²) in [4.78, 5) is 3.11. The first kappa shape index (κ1) is 12.0. The molecule has 0 saturated heterocycles. The molecule has 0 atom stereocenters. The standard InChI is InChI=1S/C17H20S/c1-12-14-11-17(2,3)10-9-15(14)18-16(12)13-7-5-4-6-8-13/h4-8H,9-11H2,1-3H3. The molecule has 1 heterocycles. The van der Waals surface area contributed by atoms with Crippen LogP contribution in [0.4, 0.5) is 0 Å². The van der Waals surface area contributed by atoms with Crippen molar-refractivity contribution in [2.45, 2.75) is 40.0 Å². The zero-order chi connectivity index (χ0) is 12.8. The molecule has 94 valence electrons. The molecule has 0 bridgehead atoms. The highest BCUT2D eigenvalue weighted by Gasteiger charge is 2.29. The van der Waals surface area contributed by atoms with Gasteiger partial charge in [-0.25, -0.2) is 0 Å². The molecule has 1 heteroatoms. The Bertz CT molecular complexity index is 561. The van der Waals surface area contributed by atoms with Crippen molar-refractivity contribution in [3.05, 3.63) is 46.3 Å². The highest BCUT2D eigenvalue weighted by Crippen LogP contribution is 2.44. The molecular formula is C17H20S. The SMILES string of the molecule is Cc1c(-c2ccccc2)sc2c1CC(C)(C)CC2. The Balaban J connectivity index is 2.08. The number of aryl methyl sites for hydroxylation is 1. The molecule has 1 aromatic carbocycles. The third-order valence-corrected chi connectivity index (χ3v) is 5.52. The molecule has 1 aliphatic rings. The van der Waals surface area contributed by atoms with E-state index >= 15 is 0 Å². The Labute approximate surface area is 114 Å². The Kier molecular flexibility index (Phi) is 2.82. The third-order valence-electron chi connectivity index (χ3n) is 4.08. The maximum Gasteiger partial charge on any atom is 0.0377 e. The fraction of sp³-hybridized carbons (Fsp3) is 0.412. The van der Waals surface area contributed by atoms with Crippen LogP contribution in [0.2, 0.25) is 0 Å². The van der Waals surface area contributed by atoms with Crippen LogP contribution in [-0.4, -0.2) is 0 Å². The van der Waals surface area contributed by atoms with Crippen LogP contribution in [0, 0.1) is 12.3 Å². The van der Waals surface area contributed by atoms with E-state index in [1.165, 1.54) is 35.3 Å². The number of rotatable bonds is 1. The van der Waals surface area contributed by atoms with Crippen LogP contribution in [0.25, 0.3) is 10.4 Å². The average molecular weight is 256 g/mol. The predicted octanol–water partition coefficient (Wildman–Crippen LogP) is 5.24. The molecule has 0 amide bonds. The van der Waals surface area contributed by atoms with E-state index in [1.807, 2.05) is 11.3 Å². The second-order valence-corrected chi connectivity index (χ2v) is 7.27. The van der Waals surface area contributed by atoms with Gasteiger partial charge in [0.1, 0.15) is 0 Å². The van der Waals surface area contributed by atoms with E-state index in [9.17, 15) is 0 Å². The van der Waals surface area contributed by atoms with Crippen molar-refractivity contribution in [1.29, 1.82) is 0 Å². The summed E-state index contributed by atoms with van der Waals surface area (Å²) in [6, 6.07) is 10.8. The molecule has 18 heavy (non-hydrogen) atoms. The van der Waals surface area contributed by atoms with Gasteiger partial charge in [0.15, 0.2) is 0 Å². The van der Waals surface area contributed by atoms with Crippen LogP contribution in [0.1, 0.15) is 36.3 Å². The summed E-state index contributed by atoms with van der Waals surface area (Å²) in [5, 5.41) is 0. The lowest BCUT2D eigenvalue weighted by molar-refractivity contribution is 0.317. The summed E-state index contributed by atoms with van der Waals surface area (Å²) in [7, 11) is 0. The topological polar surface area (TPSA) is 0 Å². The van der Waals surface area contributed by atoms with E-state index in [-0.39, 0.29) is 0 Å². The fourth-order valence-corrected chi connectivity index (χ4v) is 4.25. The van der Waals surface area contributed by atoms with E-state index in [1.54, 1.807) is 10.4 Å². The minimum absolute atomic E-state index is 0.479. The third kappa shape index (κ3) is 2.01. The van der Waals surface area contributed by atoms with E-state index < -0.39 is 0 Å². The van der Waals surface area contributed by atoms with Crippen molar-refractivity contribution in [2.75, 3.05) is 0 Å². The van der Waals surface area contributed by atoms with Gasteiger partial charge in [-0.3, -0.25) is 0 Å². The molecular weight excluding hydrogens is 236 g/mol. The minimum Gasteiger partial charge on any atom is -0.140 e. The highest BCUT2D eigenvalue weighted by atomic mass is 32.1. The quantitative estimate of drug-likeness (QED) is 0.654. The molecule has 0 fully saturated rings. The molecule has 1 aliphatic carbocycles. The lowest BCUT2D eigenvalue weighted by atomic mass is 9.76. The molecule has 0 spiro atoms. The van der Waals surface area contributed by atoms with E-state index in [0.29, 0.717) is 5.41 Å². The Hall–Kier alpha value is -1.08. The van der Waals surface area contributed by atoms with Gasteiger partial charge in [0.25, 0.3) is 0 Å². The summed E-state index contributed by atoms with van der Waals surface area (Å²) in [6.07, 6.45) is 3.84. The minimum atomic E-state index is 0.479. The molecule has 0 N–H and O–H groups in total. The molecule has 0 unspecified atom stereocenters. The Morgan fingerprint density at radius 3 is 2.56 bits per heavy atom. The lowest BCUT2D eigenvalue weighted by Crippen LogP contribution is -2.21. The summed E-state index contributed by atoms with van der Waals surface area (Å²) >= 11 is 2.02. The summed E-state index contributed by atoms with van der Waals surface area (Å²) in [5.41, 5.74) is 5.02. The monoisotopic (exact) mass is 256 g/mol. The van der Waals surface area contributed by atoms with Gasteiger partial charge in [0, 0.05) is 9.75 Å². The highest BCUT2D eigenvalue weighted by molar-refractivity contribution is 7.15. The van der Waals surface area contributed by atoms with Crippen LogP contribution in [0.15, 0.2) is 30.3 Å². The van der Waals surface area contributed by atoms with Gasteiger partial charge in [-0.2, -0.15) is 0 Å². The molecule has 2 aromatic rings. The Morgan fingerprint density at radius 2 is 1.83 bits per heavy atom. The van der Waals surface area contributed by atoms with Crippen LogP contribution < -0.4 is 0 Å². The van der Waals surface area contributed by atoms with Gasteiger partial charge in [-0.1, -0.05) is 44.2 Å². The predicted molar refractivity (Wildman–Crippen MR) is 80.3 cm³/mol. The van der Waals surface area contributed by atoms with Crippen molar-refractivity contribution >= 4 is 11.3 Å². The van der Waals surface area contributed by atoms with Crippen LogP contribution in [0.3, 0.4) is 0 Å². The number of hydrogen-bond donors (Lipinski definition) is 0. The van der Waals surface area contributed by atoms with Crippen molar-refractivity contribution in [2.24, 2.45) is 5.41 Å². The first-order valence-electron chi connectivity index (χ1n) is 6.73.